The number of benzene rings is 4. The average Bonchev–Trinajstić information content (AvgIpc) is 3.56. The maximum atomic E-state index is 2.59. The molecule has 9 rings (SSSR count). The molecule has 2 saturated carbocycles. The molecule has 0 atom stereocenters. The van der Waals surface area contributed by atoms with E-state index < -0.39 is 0 Å². The monoisotopic (exact) mass is 524 g/mol. The topological polar surface area (TPSA) is 0 Å². The predicted molar refractivity (Wildman–Crippen MR) is 167 cm³/mol. The smallest absolute Gasteiger partial charge is 0.0443 e. The van der Waals surface area contributed by atoms with Crippen molar-refractivity contribution in [2.75, 3.05) is 0 Å². The van der Waals surface area contributed by atoms with E-state index in [0.717, 1.165) is 0 Å². The molecule has 0 N–H and O–H groups in total. The first kappa shape index (κ1) is 22.9. The van der Waals surface area contributed by atoms with Gasteiger partial charge in [0.1, 0.15) is 0 Å². The number of rotatable bonds is 0. The highest BCUT2D eigenvalue weighted by Crippen LogP contribution is 2.68. The summed E-state index contributed by atoms with van der Waals surface area (Å²) in [5.41, 5.74) is 16.4. The normalized spacial score (nSPS) is 19.9. The lowest BCUT2D eigenvalue weighted by atomic mass is 9.60. The Morgan fingerprint density at radius 2 is 1.13 bits per heavy atom. The van der Waals surface area contributed by atoms with Gasteiger partial charge in [0, 0.05) is 36.6 Å². The molecule has 4 aromatic carbocycles. The van der Waals surface area contributed by atoms with Gasteiger partial charge in [-0.25, -0.2) is 0 Å². The van der Waals surface area contributed by atoms with E-state index in [0.29, 0.717) is 0 Å². The van der Waals surface area contributed by atoms with Crippen molar-refractivity contribution in [3.05, 3.63) is 94.0 Å². The minimum atomic E-state index is 0.164. The van der Waals surface area contributed by atoms with Gasteiger partial charge in [-0.3, -0.25) is 0 Å². The molecule has 0 saturated heterocycles. The van der Waals surface area contributed by atoms with E-state index >= 15 is 0 Å². The standard InChI is InChI=1S/C38H36S/c1-23-13-15-25-28(21-23)37(17-7-3-8-18-37)34-31(25)32-27-11-5-6-12-30(27)39-36(32)33-26-16-14-24(2)22-29(26)38(35(33)34)19-9-4-10-20-38/h5-6,11-16,21-22H,3-4,7-10,17-20H2,1-2H3. The van der Waals surface area contributed by atoms with Crippen molar-refractivity contribution in [1.29, 1.82) is 0 Å². The van der Waals surface area contributed by atoms with Crippen LogP contribution in [-0.2, 0) is 10.8 Å². The van der Waals surface area contributed by atoms with E-state index in [9.17, 15) is 0 Å². The number of hydrogen-bond acceptors (Lipinski definition) is 1. The van der Waals surface area contributed by atoms with Crippen LogP contribution < -0.4 is 0 Å². The number of fused-ring (bicyclic) bond motifs is 16. The fourth-order valence-corrected chi connectivity index (χ4v) is 10.9. The first-order valence-corrected chi connectivity index (χ1v) is 16.2. The summed E-state index contributed by atoms with van der Waals surface area (Å²) >= 11 is 2.06. The Kier molecular flexibility index (Phi) is 4.60. The van der Waals surface area contributed by atoms with Crippen LogP contribution in [0, 0.1) is 13.8 Å². The Balaban J connectivity index is 1.55. The summed E-state index contributed by atoms with van der Waals surface area (Å²) in [5, 5.41) is 3.02. The third-order valence-corrected chi connectivity index (χ3v) is 12.3. The van der Waals surface area contributed by atoms with Crippen molar-refractivity contribution in [3.8, 4) is 22.3 Å². The van der Waals surface area contributed by atoms with E-state index in [1.165, 1.54) is 85.4 Å². The maximum Gasteiger partial charge on any atom is 0.0443 e. The zero-order valence-corrected chi connectivity index (χ0v) is 24.1. The van der Waals surface area contributed by atoms with Crippen LogP contribution in [0.25, 0.3) is 42.4 Å². The van der Waals surface area contributed by atoms with Crippen LogP contribution >= 0.6 is 11.3 Å². The molecule has 0 aliphatic heterocycles. The third-order valence-electron chi connectivity index (χ3n) is 11.1. The zero-order chi connectivity index (χ0) is 25.9. The molecule has 4 aliphatic rings. The van der Waals surface area contributed by atoms with Crippen LogP contribution in [0.2, 0.25) is 0 Å². The molecular weight excluding hydrogens is 488 g/mol. The molecule has 2 spiro atoms. The summed E-state index contributed by atoms with van der Waals surface area (Å²) < 4.78 is 3.00. The Morgan fingerprint density at radius 3 is 1.74 bits per heavy atom. The molecule has 39 heavy (non-hydrogen) atoms. The van der Waals surface area contributed by atoms with Gasteiger partial charge in [-0.05, 0) is 84.5 Å². The summed E-state index contributed by atoms with van der Waals surface area (Å²) in [4.78, 5) is 0. The van der Waals surface area contributed by atoms with Gasteiger partial charge in [-0.1, -0.05) is 104 Å². The summed E-state index contributed by atoms with van der Waals surface area (Å²) in [7, 11) is 0. The first-order chi connectivity index (χ1) is 19.1. The minimum absolute atomic E-state index is 0.164. The van der Waals surface area contributed by atoms with Gasteiger partial charge in [0.05, 0.1) is 0 Å². The molecule has 4 aliphatic carbocycles. The van der Waals surface area contributed by atoms with E-state index in [-0.39, 0.29) is 10.8 Å². The SMILES string of the molecule is Cc1ccc2c(c1)C1(CCCCC1)c1c3c(c4c(sc5ccccc54)c1-2)-c1ccc(C)cc1C31CCCCC1. The van der Waals surface area contributed by atoms with Crippen molar-refractivity contribution < 1.29 is 0 Å². The lowest BCUT2D eigenvalue weighted by Gasteiger charge is -2.43. The lowest BCUT2D eigenvalue weighted by molar-refractivity contribution is 0.325. The summed E-state index contributed by atoms with van der Waals surface area (Å²) in [6.45, 7) is 4.61. The molecule has 0 nitrogen and oxygen atoms in total. The van der Waals surface area contributed by atoms with Gasteiger partial charge in [0.15, 0.2) is 0 Å². The highest BCUT2D eigenvalue weighted by molar-refractivity contribution is 7.26. The Morgan fingerprint density at radius 1 is 0.590 bits per heavy atom. The van der Waals surface area contributed by atoms with Gasteiger partial charge in [-0.2, -0.15) is 0 Å². The van der Waals surface area contributed by atoms with Gasteiger partial charge >= 0.3 is 0 Å². The fraction of sp³-hybridized carbons (Fsp3) is 0.368. The van der Waals surface area contributed by atoms with Crippen molar-refractivity contribution >= 4 is 31.5 Å². The van der Waals surface area contributed by atoms with E-state index in [4.69, 9.17) is 0 Å². The maximum absolute atomic E-state index is 2.59. The van der Waals surface area contributed by atoms with Crippen LogP contribution in [0.15, 0.2) is 60.7 Å². The fourth-order valence-electron chi connectivity index (χ4n) is 9.60. The molecule has 0 unspecified atom stereocenters. The number of thiophene rings is 1. The van der Waals surface area contributed by atoms with Crippen molar-refractivity contribution in [2.24, 2.45) is 0 Å². The average molecular weight is 525 g/mol. The second-order valence-electron chi connectivity index (χ2n) is 13.2. The van der Waals surface area contributed by atoms with Crippen LogP contribution in [-0.4, -0.2) is 0 Å². The van der Waals surface area contributed by atoms with Crippen LogP contribution in [0.1, 0.15) is 97.6 Å². The van der Waals surface area contributed by atoms with Crippen molar-refractivity contribution in [1.82, 2.24) is 0 Å². The molecule has 1 aromatic heterocycles. The summed E-state index contributed by atoms with van der Waals surface area (Å²) in [5.74, 6) is 0. The van der Waals surface area contributed by atoms with Crippen LogP contribution in [0.5, 0.6) is 0 Å². The Hall–Kier alpha value is -2.90. The molecule has 1 heterocycles. The minimum Gasteiger partial charge on any atom is -0.134 e. The second-order valence-corrected chi connectivity index (χ2v) is 14.2. The van der Waals surface area contributed by atoms with E-state index in [1.807, 2.05) is 0 Å². The first-order valence-electron chi connectivity index (χ1n) is 15.4. The molecule has 5 aromatic rings. The molecule has 2 fully saturated rings. The summed E-state index contributed by atoms with van der Waals surface area (Å²) in [6.07, 6.45) is 13.4. The second kappa shape index (κ2) is 7.85. The highest BCUT2D eigenvalue weighted by Gasteiger charge is 2.54. The highest BCUT2D eigenvalue weighted by atomic mass is 32.1. The zero-order valence-electron chi connectivity index (χ0n) is 23.3. The van der Waals surface area contributed by atoms with E-state index in [1.54, 1.807) is 54.6 Å². The van der Waals surface area contributed by atoms with Gasteiger partial charge in [0.2, 0.25) is 0 Å². The summed E-state index contributed by atoms with van der Waals surface area (Å²) in [6, 6.07) is 24.2. The van der Waals surface area contributed by atoms with E-state index in [2.05, 4.69) is 85.8 Å². The Labute approximate surface area is 236 Å². The predicted octanol–water partition coefficient (Wildman–Crippen LogP) is 11.1. The van der Waals surface area contributed by atoms with Gasteiger partial charge in [0.25, 0.3) is 0 Å². The molecular formula is C38H36S. The van der Waals surface area contributed by atoms with Crippen LogP contribution in [0.4, 0.5) is 0 Å². The van der Waals surface area contributed by atoms with Crippen molar-refractivity contribution in [3.63, 3.8) is 0 Å². The lowest BCUT2D eigenvalue weighted by Crippen LogP contribution is -2.35. The third kappa shape index (κ3) is 2.76. The number of aryl methyl sites for hydroxylation is 2. The molecule has 194 valence electrons. The number of hydrogen-bond donors (Lipinski definition) is 0. The molecule has 0 radical (unpaired) electrons. The Bertz CT molecular complexity index is 1830. The molecule has 0 amide bonds. The molecule has 0 bridgehead atoms. The van der Waals surface area contributed by atoms with Crippen molar-refractivity contribution in [2.45, 2.75) is 88.9 Å². The quantitative estimate of drug-likeness (QED) is 0.189. The largest absolute Gasteiger partial charge is 0.134 e. The van der Waals surface area contributed by atoms with Gasteiger partial charge < -0.3 is 0 Å². The van der Waals surface area contributed by atoms with Gasteiger partial charge in [-0.15, -0.1) is 11.3 Å². The van der Waals surface area contributed by atoms with Crippen LogP contribution in [0.3, 0.4) is 0 Å². The molecule has 1 heteroatoms.